The van der Waals surface area contributed by atoms with Gasteiger partial charge in [0.2, 0.25) is 0 Å². The van der Waals surface area contributed by atoms with Crippen LogP contribution in [0.15, 0.2) is 12.3 Å². The molecule has 0 saturated carbocycles. The maximum absolute atomic E-state index is 5.29. The van der Waals surface area contributed by atoms with Crippen molar-refractivity contribution >= 4 is 0 Å². The number of hydrogen-bond donors (Lipinski definition) is 1. The number of hydrogen-bond acceptors (Lipinski definition) is 4. The van der Waals surface area contributed by atoms with E-state index in [1.165, 1.54) is 0 Å². The highest BCUT2D eigenvalue weighted by Crippen LogP contribution is 2.03. The van der Waals surface area contributed by atoms with Gasteiger partial charge >= 0.3 is 0 Å². The van der Waals surface area contributed by atoms with Gasteiger partial charge in [0.15, 0.2) is 0 Å². The lowest BCUT2D eigenvalue weighted by atomic mass is 10.4. The highest BCUT2D eigenvalue weighted by atomic mass is 16.5. The molecule has 0 amide bonds. The minimum atomic E-state index is 0.473. The Morgan fingerprint density at radius 1 is 1.46 bits per heavy atom. The molecule has 0 aliphatic carbocycles. The molecule has 2 aliphatic heterocycles. The first-order chi connectivity index (χ1) is 6.34. The first kappa shape index (κ1) is 8.99. The fourth-order valence-electron chi connectivity index (χ4n) is 1.63. The van der Waals surface area contributed by atoms with E-state index in [0.29, 0.717) is 6.04 Å². The van der Waals surface area contributed by atoms with E-state index >= 15 is 0 Å². The summed E-state index contributed by atoms with van der Waals surface area (Å²) in [5.74, 6) is 0. The van der Waals surface area contributed by atoms with Crippen LogP contribution in [-0.4, -0.2) is 48.9 Å². The molecular formula is C9H17N3O. The summed E-state index contributed by atoms with van der Waals surface area (Å²) in [4.78, 5) is 2.39. The van der Waals surface area contributed by atoms with Gasteiger partial charge in [0.05, 0.1) is 19.9 Å². The van der Waals surface area contributed by atoms with Crippen molar-refractivity contribution < 1.29 is 4.74 Å². The zero-order valence-electron chi connectivity index (χ0n) is 8.07. The minimum absolute atomic E-state index is 0.473. The molecule has 0 bridgehead atoms. The van der Waals surface area contributed by atoms with Gasteiger partial charge in [0, 0.05) is 25.3 Å². The van der Waals surface area contributed by atoms with Gasteiger partial charge in [-0.2, -0.15) is 0 Å². The number of rotatable bonds is 2. The van der Waals surface area contributed by atoms with Crippen LogP contribution in [0.5, 0.6) is 0 Å². The van der Waals surface area contributed by atoms with Crippen LogP contribution in [0.2, 0.25) is 0 Å². The minimum Gasteiger partial charge on any atom is -0.379 e. The van der Waals surface area contributed by atoms with Crippen LogP contribution < -0.4 is 5.43 Å². The number of nitrogens with zero attached hydrogens (tertiary/aromatic N) is 2. The number of ether oxygens (including phenoxy) is 1. The van der Waals surface area contributed by atoms with Gasteiger partial charge in [0.25, 0.3) is 0 Å². The summed E-state index contributed by atoms with van der Waals surface area (Å²) in [5.41, 5.74) is 3.34. The van der Waals surface area contributed by atoms with Crippen molar-refractivity contribution in [3.05, 3.63) is 12.3 Å². The van der Waals surface area contributed by atoms with Crippen molar-refractivity contribution in [1.82, 2.24) is 15.3 Å². The molecule has 1 unspecified atom stereocenters. The van der Waals surface area contributed by atoms with E-state index in [4.69, 9.17) is 4.74 Å². The first-order valence-electron chi connectivity index (χ1n) is 4.86. The molecule has 4 nitrogen and oxygen atoms in total. The molecule has 4 heteroatoms. The zero-order valence-corrected chi connectivity index (χ0v) is 8.07. The third-order valence-corrected chi connectivity index (χ3v) is 2.38. The van der Waals surface area contributed by atoms with Crippen LogP contribution in [0.4, 0.5) is 0 Å². The average molecular weight is 183 g/mol. The Bertz CT molecular complexity index is 189. The normalized spacial score (nSPS) is 29.9. The second-order valence-corrected chi connectivity index (χ2v) is 3.60. The lowest BCUT2D eigenvalue weighted by molar-refractivity contribution is 0.0112. The fraction of sp³-hybridized carbons (Fsp3) is 0.778. The smallest absolute Gasteiger partial charge is 0.0858 e. The summed E-state index contributed by atoms with van der Waals surface area (Å²) in [6, 6.07) is 0.473. The lowest BCUT2D eigenvalue weighted by Crippen LogP contribution is -2.46. The van der Waals surface area contributed by atoms with Gasteiger partial charge in [-0.25, -0.2) is 5.43 Å². The van der Waals surface area contributed by atoms with Gasteiger partial charge in [-0.15, -0.1) is 0 Å². The molecule has 2 heterocycles. The van der Waals surface area contributed by atoms with Gasteiger partial charge in [0.1, 0.15) is 0 Å². The van der Waals surface area contributed by atoms with Crippen molar-refractivity contribution in [2.24, 2.45) is 0 Å². The predicted molar refractivity (Wildman–Crippen MR) is 50.8 cm³/mol. The van der Waals surface area contributed by atoms with E-state index in [9.17, 15) is 0 Å². The molecule has 1 fully saturated rings. The van der Waals surface area contributed by atoms with E-state index < -0.39 is 0 Å². The summed E-state index contributed by atoms with van der Waals surface area (Å²) in [6.07, 6.45) is 4.28. The highest BCUT2D eigenvalue weighted by Gasteiger charge is 2.15. The van der Waals surface area contributed by atoms with E-state index in [-0.39, 0.29) is 0 Å². The Morgan fingerprint density at radius 2 is 2.23 bits per heavy atom. The Kier molecular flexibility index (Phi) is 2.83. The predicted octanol–water partition coefficient (Wildman–Crippen LogP) is -0.00150. The SMILES string of the molecule is CC1C=CN(CN2CCOCC2)N1. The second-order valence-electron chi connectivity index (χ2n) is 3.60. The molecular weight excluding hydrogens is 166 g/mol. The maximum Gasteiger partial charge on any atom is 0.0858 e. The molecule has 2 rings (SSSR count). The van der Waals surface area contributed by atoms with Crippen molar-refractivity contribution in [3.63, 3.8) is 0 Å². The van der Waals surface area contributed by atoms with Crippen LogP contribution >= 0.6 is 0 Å². The quantitative estimate of drug-likeness (QED) is 0.652. The van der Waals surface area contributed by atoms with E-state index in [0.717, 1.165) is 33.0 Å². The molecule has 1 N–H and O–H groups in total. The summed E-state index contributed by atoms with van der Waals surface area (Å²) in [6.45, 7) is 6.93. The third-order valence-electron chi connectivity index (χ3n) is 2.38. The molecule has 1 atom stereocenters. The first-order valence-corrected chi connectivity index (χ1v) is 4.86. The Labute approximate surface area is 79.1 Å². The summed E-state index contributed by atoms with van der Waals surface area (Å²) >= 11 is 0. The van der Waals surface area contributed by atoms with Gasteiger partial charge < -0.3 is 9.75 Å². The molecule has 0 aromatic carbocycles. The Hall–Kier alpha value is -0.580. The lowest BCUT2D eigenvalue weighted by Gasteiger charge is -2.31. The van der Waals surface area contributed by atoms with E-state index in [1.807, 2.05) is 0 Å². The third kappa shape index (κ3) is 2.43. The summed E-state index contributed by atoms with van der Waals surface area (Å²) in [5, 5.41) is 2.13. The van der Waals surface area contributed by atoms with Crippen molar-refractivity contribution in [3.8, 4) is 0 Å². The van der Waals surface area contributed by atoms with E-state index in [2.05, 4.69) is 34.5 Å². The Balaban J connectivity index is 1.74. The van der Waals surface area contributed by atoms with Crippen LogP contribution in [0.25, 0.3) is 0 Å². The topological polar surface area (TPSA) is 27.7 Å². The zero-order chi connectivity index (χ0) is 9.10. The number of nitrogens with one attached hydrogen (secondary N) is 1. The van der Waals surface area contributed by atoms with Gasteiger partial charge in [-0.3, -0.25) is 4.90 Å². The summed E-state index contributed by atoms with van der Waals surface area (Å²) < 4.78 is 5.29. The van der Waals surface area contributed by atoms with Crippen LogP contribution in [0, 0.1) is 0 Å². The fourth-order valence-corrected chi connectivity index (χ4v) is 1.63. The van der Waals surface area contributed by atoms with Crippen molar-refractivity contribution in [2.75, 3.05) is 33.0 Å². The van der Waals surface area contributed by atoms with Crippen molar-refractivity contribution in [1.29, 1.82) is 0 Å². The summed E-state index contributed by atoms with van der Waals surface area (Å²) in [7, 11) is 0. The molecule has 0 radical (unpaired) electrons. The van der Waals surface area contributed by atoms with Crippen LogP contribution in [0.3, 0.4) is 0 Å². The average Bonchev–Trinajstić information content (AvgIpc) is 2.53. The Morgan fingerprint density at radius 3 is 2.85 bits per heavy atom. The second kappa shape index (κ2) is 4.09. The number of morpholine rings is 1. The van der Waals surface area contributed by atoms with E-state index in [1.54, 1.807) is 0 Å². The van der Waals surface area contributed by atoms with Crippen LogP contribution in [-0.2, 0) is 4.74 Å². The number of hydrazine groups is 1. The largest absolute Gasteiger partial charge is 0.379 e. The molecule has 0 aromatic rings. The monoisotopic (exact) mass is 183 g/mol. The van der Waals surface area contributed by atoms with Crippen LogP contribution in [0.1, 0.15) is 6.92 Å². The highest BCUT2D eigenvalue weighted by molar-refractivity contribution is 4.96. The van der Waals surface area contributed by atoms with Gasteiger partial charge in [-0.1, -0.05) is 0 Å². The van der Waals surface area contributed by atoms with Gasteiger partial charge in [-0.05, 0) is 13.0 Å². The molecule has 0 aromatic heterocycles. The molecule has 13 heavy (non-hydrogen) atoms. The molecule has 2 aliphatic rings. The molecule has 0 spiro atoms. The van der Waals surface area contributed by atoms with Crippen molar-refractivity contribution in [2.45, 2.75) is 13.0 Å². The standard InChI is InChI=1S/C9H17N3O/c1-9-2-3-12(10-9)8-11-4-6-13-7-5-11/h2-3,9-10H,4-8H2,1H3. The maximum atomic E-state index is 5.29. The molecule has 1 saturated heterocycles. The molecule has 74 valence electrons.